The Morgan fingerprint density at radius 3 is 3.00 bits per heavy atom. The van der Waals surface area contributed by atoms with E-state index in [2.05, 4.69) is 37.5 Å². The van der Waals surface area contributed by atoms with E-state index in [9.17, 15) is 0 Å². The molecule has 0 amide bonds. The van der Waals surface area contributed by atoms with Crippen LogP contribution >= 0.6 is 11.3 Å². The van der Waals surface area contributed by atoms with Crippen LogP contribution in [0.15, 0.2) is 5.38 Å². The summed E-state index contributed by atoms with van der Waals surface area (Å²) in [7, 11) is 3.98. The molecular weight excluding hydrogens is 262 g/mol. The molecule has 0 aliphatic carbocycles. The van der Waals surface area contributed by atoms with Crippen LogP contribution in [0, 0.1) is 0 Å². The molecule has 0 fully saturated rings. The average Bonchev–Trinajstić information content (AvgIpc) is 2.97. The maximum atomic E-state index is 4.60. The highest BCUT2D eigenvalue weighted by Gasteiger charge is 2.22. The summed E-state index contributed by atoms with van der Waals surface area (Å²) in [4.78, 5) is 6.60. The molecule has 1 aliphatic rings. The lowest BCUT2D eigenvalue weighted by Gasteiger charge is -2.08. The zero-order valence-corrected chi connectivity index (χ0v) is 12.0. The van der Waals surface area contributed by atoms with Crippen molar-refractivity contribution in [2.24, 2.45) is 0 Å². The molecule has 0 radical (unpaired) electrons. The largest absolute Gasteiger partial charge is 0.354 e. The summed E-state index contributed by atoms with van der Waals surface area (Å²) in [5, 5.41) is 11.6. The molecule has 102 valence electrons. The number of nitrogens with one attached hydrogen (secondary N) is 2. The molecule has 7 nitrogen and oxygen atoms in total. The van der Waals surface area contributed by atoms with Crippen molar-refractivity contribution in [2.45, 2.75) is 19.5 Å². The van der Waals surface area contributed by atoms with Crippen molar-refractivity contribution < 1.29 is 0 Å². The van der Waals surface area contributed by atoms with E-state index < -0.39 is 0 Å². The second-order valence-electron chi connectivity index (χ2n) is 4.74. The summed E-state index contributed by atoms with van der Waals surface area (Å²) in [6.07, 6.45) is 0. The quantitative estimate of drug-likeness (QED) is 0.840. The fraction of sp³-hybridized carbons (Fsp3) is 0.545. The third-order valence-corrected chi connectivity index (χ3v) is 4.06. The number of thiazole rings is 1. The van der Waals surface area contributed by atoms with Gasteiger partial charge >= 0.3 is 0 Å². The summed E-state index contributed by atoms with van der Waals surface area (Å²) in [6, 6.07) is 0.135. The van der Waals surface area contributed by atoms with E-state index in [1.165, 1.54) is 0 Å². The van der Waals surface area contributed by atoms with Gasteiger partial charge in [0, 0.05) is 32.6 Å². The SMILES string of the molecule is C[C@@H]1NNCCn2c(-c3csc(N(C)C)n3)nnc21. The maximum Gasteiger partial charge on any atom is 0.185 e. The minimum atomic E-state index is 0.135. The second kappa shape index (κ2) is 4.87. The van der Waals surface area contributed by atoms with Crippen molar-refractivity contribution in [3.63, 3.8) is 0 Å². The number of rotatable bonds is 2. The standard InChI is InChI=1S/C11H17N7S/c1-7-9-15-16-10(18(9)5-4-12-14-7)8-6-19-11(13-8)17(2)3/h6-7,12,14H,4-5H2,1-3H3/t7-/m0/s1. The normalized spacial score (nSPS) is 19.0. The minimum Gasteiger partial charge on any atom is -0.354 e. The highest BCUT2D eigenvalue weighted by atomic mass is 32.1. The molecule has 2 aromatic heterocycles. The van der Waals surface area contributed by atoms with Crippen LogP contribution in [0.1, 0.15) is 18.8 Å². The van der Waals surface area contributed by atoms with Crippen LogP contribution in [0.3, 0.4) is 0 Å². The van der Waals surface area contributed by atoms with Gasteiger partial charge in [-0.1, -0.05) is 0 Å². The van der Waals surface area contributed by atoms with E-state index in [1.807, 2.05) is 24.4 Å². The van der Waals surface area contributed by atoms with Gasteiger partial charge in [0.05, 0.1) is 6.04 Å². The van der Waals surface area contributed by atoms with Crippen molar-refractivity contribution in [3.8, 4) is 11.5 Å². The molecule has 2 N–H and O–H groups in total. The van der Waals surface area contributed by atoms with Crippen LogP contribution in [0.5, 0.6) is 0 Å². The van der Waals surface area contributed by atoms with E-state index in [1.54, 1.807) is 11.3 Å². The fourth-order valence-corrected chi connectivity index (χ4v) is 2.81. The van der Waals surface area contributed by atoms with Gasteiger partial charge in [-0.15, -0.1) is 21.5 Å². The van der Waals surface area contributed by atoms with Gasteiger partial charge < -0.3 is 9.47 Å². The molecule has 19 heavy (non-hydrogen) atoms. The lowest BCUT2D eigenvalue weighted by Crippen LogP contribution is -2.33. The first-order chi connectivity index (χ1) is 9.16. The van der Waals surface area contributed by atoms with Crippen LogP contribution < -0.4 is 15.8 Å². The van der Waals surface area contributed by atoms with Gasteiger partial charge in [-0.05, 0) is 6.92 Å². The fourth-order valence-electron chi connectivity index (χ4n) is 2.08. The van der Waals surface area contributed by atoms with Crippen molar-refractivity contribution in [2.75, 3.05) is 25.5 Å². The van der Waals surface area contributed by atoms with Crippen molar-refractivity contribution in [3.05, 3.63) is 11.2 Å². The van der Waals surface area contributed by atoms with Crippen LogP contribution in [0.4, 0.5) is 5.13 Å². The number of fused-ring (bicyclic) bond motifs is 1. The predicted octanol–water partition coefficient (Wildman–Crippen LogP) is 0.636. The maximum absolute atomic E-state index is 4.60. The van der Waals surface area contributed by atoms with Gasteiger partial charge in [0.25, 0.3) is 0 Å². The average molecular weight is 279 g/mol. The van der Waals surface area contributed by atoms with Crippen LogP contribution in [-0.4, -0.2) is 40.4 Å². The summed E-state index contributed by atoms with van der Waals surface area (Å²) in [5.41, 5.74) is 7.25. The second-order valence-corrected chi connectivity index (χ2v) is 5.57. The van der Waals surface area contributed by atoms with E-state index in [0.29, 0.717) is 0 Å². The monoisotopic (exact) mass is 279 g/mol. The minimum absolute atomic E-state index is 0.135. The first-order valence-corrected chi connectivity index (χ1v) is 7.09. The Balaban J connectivity index is 2.01. The number of hydrogen-bond donors (Lipinski definition) is 2. The molecule has 3 rings (SSSR count). The highest BCUT2D eigenvalue weighted by molar-refractivity contribution is 7.14. The first kappa shape index (κ1) is 12.5. The molecule has 1 atom stereocenters. The molecule has 0 saturated carbocycles. The summed E-state index contributed by atoms with van der Waals surface area (Å²) in [5.74, 6) is 1.79. The summed E-state index contributed by atoms with van der Waals surface area (Å²) >= 11 is 1.62. The van der Waals surface area contributed by atoms with Crippen molar-refractivity contribution in [1.29, 1.82) is 0 Å². The van der Waals surface area contributed by atoms with Crippen molar-refractivity contribution in [1.82, 2.24) is 30.6 Å². The van der Waals surface area contributed by atoms with Gasteiger partial charge in [-0.3, -0.25) is 5.43 Å². The topological polar surface area (TPSA) is 70.9 Å². The molecule has 0 spiro atoms. The summed E-state index contributed by atoms with van der Waals surface area (Å²) in [6.45, 7) is 3.74. The molecule has 0 aromatic carbocycles. The molecule has 2 aromatic rings. The predicted molar refractivity (Wildman–Crippen MR) is 75.0 cm³/mol. The van der Waals surface area contributed by atoms with Gasteiger partial charge in [0.2, 0.25) is 0 Å². The number of anilines is 1. The first-order valence-electron chi connectivity index (χ1n) is 6.21. The number of hydrazine groups is 1. The Hall–Kier alpha value is -1.51. The van der Waals surface area contributed by atoms with Gasteiger partial charge in [-0.2, -0.15) is 0 Å². The van der Waals surface area contributed by atoms with Crippen molar-refractivity contribution >= 4 is 16.5 Å². The molecule has 1 aliphatic heterocycles. The molecule has 0 saturated heterocycles. The van der Waals surface area contributed by atoms with Gasteiger partial charge in [-0.25, -0.2) is 10.4 Å². The highest BCUT2D eigenvalue weighted by Crippen LogP contribution is 2.27. The Morgan fingerprint density at radius 2 is 2.26 bits per heavy atom. The van der Waals surface area contributed by atoms with E-state index in [-0.39, 0.29) is 6.04 Å². The van der Waals surface area contributed by atoms with Gasteiger partial charge in [0.15, 0.2) is 16.8 Å². The number of nitrogens with zero attached hydrogens (tertiary/aromatic N) is 5. The lowest BCUT2D eigenvalue weighted by molar-refractivity contribution is 0.475. The zero-order valence-electron chi connectivity index (χ0n) is 11.2. The van der Waals surface area contributed by atoms with Gasteiger partial charge in [0.1, 0.15) is 5.69 Å². The molecule has 0 unspecified atom stereocenters. The lowest BCUT2D eigenvalue weighted by atomic mass is 10.3. The van der Waals surface area contributed by atoms with Crippen LogP contribution in [0.25, 0.3) is 11.5 Å². The third-order valence-electron chi connectivity index (χ3n) is 3.05. The Labute approximate surface area is 115 Å². The Morgan fingerprint density at radius 1 is 1.42 bits per heavy atom. The van der Waals surface area contributed by atoms with Crippen LogP contribution in [-0.2, 0) is 6.54 Å². The van der Waals surface area contributed by atoms with Crippen LogP contribution in [0.2, 0.25) is 0 Å². The van der Waals surface area contributed by atoms with E-state index in [0.717, 1.165) is 35.6 Å². The Bertz CT molecular complexity index is 573. The Kier molecular flexibility index (Phi) is 3.21. The molecular formula is C11H17N7S. The molecule has 8 heteroatoms. The third kappa shape index (κ3) is 2.22. The zero-order chi connectivity index (χ0) is 13.4. The molecule has 0 bridgehead atoms. The number of hydrogen-bond acceptors (Lipinski definition) is 7. The molecule has 3 heterocycles. The van der Waals surface area contributed by atoms with E-state index in [4.69, 9.17) is 0 Å². The number of aromatic nitrogens is 4. The van der Waals surface area contributed by atoms with E-state index >= 15 is 0 Å². The smallest absolute Gasteiger partial charge is 0.185 e. The summed E-state index contributed by atoms with van der Waals surface area (Å²) < 4.78 is 2.13.